The molecule has 0 fully saturated rings. The maximum atomic E-state index is 11.1. The molecule has 0 saturated carbocycles. The largest absolute Gasteiger partial charge is 1.00 e. The van der Waals surface area contributed by atoms with E-state index in [9.17, 15) is 18.2 Å². The zero-order valence-corrected chi connectivity index (χ0v) is 17.1. The predicted octanol–water partition coefficient (Wildman–Crippen LogP) is -6.09. The molecular weight excluding hydrogens is 330 g/mol. The number of hydrogen-bond donors (Lipinski definition) is 2. The van der Waals surface area contributed by atoms with Crippen molar-refractivity contribution in [1.29, 1.82) is 0 Å². The molecule has 0 aliphatic carbocycles. The molecule has 1 rings (SSSR count). The van der Waals surface area contributed by atoms with Gasteiger partial charge in [0, 0.05) is 14.1 Å². The molecule has 0 atom stereocenters. The summed E-state index contributed by atoms with van der Waals surface area (Å²) in [5.74, 6) is 0. The summed E-state index contributed by atoms with van der Waals surface area (Å²) in [5, 5.41) is 18.2. The van der Waals surface area contributed by atoms with Crippen LogP contribution in [0.15, 0.2) is 21.9 Å². The molecular formula is C8H10N2Na2O6S2. The van der Waals surface area contributed by atoms with Gasteiger partial charge in [0.1, 0.15) is 10.1 Å². The first-order valence-corrected chi connectivity index (χ1v) is 6.71. The van der Waals surface area contributed by atoms with E-state index in [2.05, 4.69) is 20.0 Å². The standard InChI is InChI=1S/C8H12N2O6S2.2Na/c1-9-5-4-8(18(12,13)14)6(10-2)3-7(5)17-16-15-11;;/h3-4,9-11H,1-2H3,(H,12,13,14);;/q;2*+1/p-2. The maximum absolute atomic E-state index is 11.1. The summed E-state index contributed by atoms with van der Waals surface area (Å²) in [6.07, 6.45) is 0. The molecule has 0 spiro atoms. The zero-order chi connectivity index (χ0) is 13.8. The Morgan fingerprint density at radius 2 is 1.70 bits per heavy atom. The fourth-order valence-corrected chi connectivity index (χ4v) is 2.49. The van der Waals surface area contributed by atoms with Crippen LogP contribution in [0, 0.1) is 0 Å². The summed E-state index contributed by atoms with van der Waals surface area (Å²) in [7, 11) is -1.62. The smallest absolute Gasteiger partial charge is 0.744 e. The van der Waals surface area contributed by atoms with Crippen molar-refractivity contribution in [3.05, 3.63) is 12.1 Å². The number of anilines is 2. The van der Waals surface area contributed by atoms with Crippen LogP contribution in [-0.4, -0.2) is 27.1 Å². The van der Waals surface area contributed by atoms with E-state index in [1.54, 1.807) is 0 Å². The Hall–Kier alpha value is 0.960. The molecule has 1 aromatic carbocycles. The molecule has 0 bridgehead atoms. The second-order valence-corrected chi connectivity index (χ2v) is 5.11. The summed E-state index contributed by atoms with van der Waals surface area (Å²) < 4.78 is 37.4. The van der Waals surface area contributed by atoms with E-state index in [-0.39, 0.29) is 64.8 Å². The number of benzene rings is 1. The topological polar surface area (TPSA) is 123 Å². The molecule has 0 amide bonds. The third-order valence-electron chi connectivity index (χ3n) is 2.04. The molecule has 0 radical (unpaired) electrons. The van der Waals surface area contributed by atoms with Crippen LogP contribution in [0.25, 0.3) is 0 Å². The minimum Gasteiger partial charge on any atom is -0.744 e. The maximum Gasteiger partial charge on any atom is 1.00 e. The van der Waals surface area contributed by atoms with Crippen LogP contribution in [0.5, 0.6) is 0 Å². The minimum atomic E-state index is -4.61. The fourth-order valence-electron chi connectivity index (χ4n) is 1.28. The van der Waals surface area contributed by atoms with E-state index in [1.165, 1.54) is 20.2 Å². The van der Waals surface area contributed by atoms with Crippen molar-refractivity contribution >= 4 is 33.5 Å². The second kappa shape index (κ2) is 10.6. The van der Waals surface area contributed by atoms with Crippen molar-refractivity contribution < 1.29 is 86.7 Å². The first-order valence-electron chi connectivity index (χ1n) is 4.56. The second-order valence-electron chi connectivity index (χ2n) is 3.02. The predicted molar refractivity (Wildman–Crippen MR) is 61.5 cm³/mol. The normalized spacial score (nSPS) is 10.2. The van der Waals surface area contributed by atoms with Gasteiger partial charge in [-0.1, -0.05) is 0 Å². The van der Waals surface area contributed by atoms with E-state index in [1.807, 2.05) is 0 Å². The summed E-state index contributed by atoms with van der Waals surface area (Å²) in [6.45, 7) is 0. The van der Waals surface area contributed by atoms with Crippen molar-refractivity contribution in [2.75, 3.05) is 24.7 Å². The van der Waals surface area contributed by atoms with Crippen molar-refractivity contribution in [2.24, 2.45) is 0 Å². The Morgan fingerprint density at radius 3 is 2.10 bits per heavy atom. The fraction of sp³-hybridized carbons (Fsp3) is 0.250. The summed E-state index contributed by atoms with van der Waals surface area (Å²) >= 11 is 0.586. The SMILES string of the molecule is CNc1cc(S(=O)(=O)[O-])c(NC)cc1SOO[O-].[Na+].[Na+]. The molecule has 12 heteroatoms. The Kier molecular flexibility index (Phi) is 12.4. The quantitative estimate of drug-likeness (QED) is 0.171. The average Bonchev–Trinajstić information content (AvgIpc) is 2.33. The van der Waals surface area contributed by atoms with Gasteiger partial charge in [-0.15, -0.1) is 0 Å². The van der Waals surface area contributed by atoms with E-state index >= 15 is 0 Å². The monoisotopic (exact) mass is 340 g/mol. The van der Waals surface area contributed by atoms with Crippen molar-refractivity contribution in [2.45, 2.75) is 9.79 Å². The van der Waals surface area contributed by atoms with E-state index < -0.39 is 15.0 Å². The van der Waals surface area contributed by atoms with Crippen molar-refractivity contribution in [3.63, 3.8) is 0 Å². The van der Waals surface area contributed by atoms with Gasteiger partial charge in [-0.2, -0.15) is 4.33 Å². The van der Waals surface area contributed by atoms with Crippen LogP contribution in [0.4, 0.5) is 11.4 Å². The Labute approximate surface area is 165 Å². The average molecular weight is 340 g/mol. The van der Waals surface area contributed by atoms with Gasteiger partial charge in [-0.05, 0) is 12.1 Å². The molecule has 2 N–H and O–H groups in total. The van der Waals surface area contributed by atoms with Crippen molar-refractivity contribution in [3.8, 4) is 0 Å². The van der Waals surface area contributed by atoms with Crippen LogP contribution < -0.4 is 75.0 Å². The first kappa shape index (κ1) is 23.2. The van der Waals surface area contributed by atoms with Crippen LogP contribution in [0.1, 0.15) is 0 Å². The van der Waals surface area contributed by atoms with Gasteiger partial charge in [0.2, 0.25) is 0 Å². The molecule has 102 valence electrons. The summed E-state index contributed by atoms with van der Waals surface area (Å²) in [5.41, 5.74) is 0.409. The Bertz CT molecular complexity index is 528. The molecule has 8 nitrogen and oxygen atoms in total. The number of rotatable bonds is 6. The van der Waals surface area contributed by atoms with Gasteiger partial charge in [0.15, 0.2) is 0 Å². The molecule has 0 aliphatic heterocycles. The Balaban J connectivity index is 0. The zero-order valence-electron chi connectivity index (χ0n) is 11.4. The van der Waals surface area contributed by atoms with Crippen molar-refractivity contribution in [1.82, 2.24) is 0 Å². The third kappa shape index (κ3) is 6.38. The van der Waals surface area contributed by atoms with Gasteiger partial charge in [0.25, 0.3) is 0 Å². The van der Waals surface area contributed by atoms with E-state index in [0.29, 0.717) is 22.6 Å². The number of hydrogen-bond acceptors (Lipinski definition) is 9. The molecule has 0 heterocycles. The molecule has 1 aromatic rings. The van der Waals surface area contributed by atoms with Crippen LogP contribution >= 0.6 is 12.0 Å². The van der Waals surface area contributed by atoms with Gasteiger partial charge < -0.3 is 20.4 Å². The third-order valence-corrected chi connectivity index (χ3v) is 3.56. The summed E-state index contributed by atoms with van der Waals surface area (Å²) in [6, 6.07) is 2.49. The molecule has 0 unspecified atom stereocenters. The van der Waals surface area contributed by atoms with Gasteiger partial charge >= 0.3 is 59.1 Å². The summed E-state index contributed by atoms with van der Waals surface area (Å²) in [4.78, 5) is -0.0214. The van der Waals surface area contributed by atoms with Crippen LogP contribution in [0.2, 0.25) is 0 Å². The minimum absolute atomic E-state index is 0. The molecule has 0 aromatic heterocycles. The molecule has 0 aliphatic rings. The molecule has 0 saturated heterocycles. The van der Waals surface area contributed by atoms with Crippen LogP contribution in [0.3, 0.4) is 0 Å². The van der Waals surface area contributed by atoms with Gasteiger partial charge in [0.05, 0.1) is 33.2 Å². The molecule has 20 heavy (non-hydrogen) atoms. The number of nitrogens with one attached hydrogen (secondary N) is 2. The van der Waals surface area contributed by atoms with Gasteiger partial charge in [-0.25, -0.2) is 8.42 Å². The van der Waals surface area contributed by atoms with E-state index in [4.69, 9.17) is 0 Å². The Morgan fingerprint density at radius 1 is 1.15 bits per heavy atom. The first-order chi connectivity index (χ1) is 8.43. The van der Waals surface area contributed by atoms with Crippen LogP contribution in [-0.2, 0) is 19.5 Å². The van der Waals surface area contributed by atoms with E-state index in [0.717, 1.165) is 6.07 Å². The van der Waals surface area contributed by atoms with Gasteiger partial charge in [-0.3, -0.25) is 5.04 Å².